The average Bonchev–Trinajstić information content (AvgIpc) is 2.96. The minimum absolute atomic E-state index is 0.120. The first-order valence-corrected chi connectivity index (χ1v) is 9.27. The normalized spacial score (nSPS) is 33.5. The molecule has 0 aromatic heterocycles. The molecule has 6 heteroatoms. The molecule has 0 radical (unpaired) electrons. The minimum Gasteiger partial charge on any atom is -0.342 e. The predicted octanol–water partition coefficient (Wildman–Crippen LogP) is 0.984. The Hall–Kier alpha value is -0.720. The number of nitrogens with zero attached hydrogens (tertiary/aromatic N) is 2. The van der Waals surface area contributed by atoms with Crippen molar-refractivity contribution < 1.29 is 9.18 Å². The Labute approximate surface area is 139 Å². The Kier molecular flexibility index (Phi) is 7.24. The third-order valence-electron chi connectivity index (χ3n) is 5.25. The summed E-state index contributed by atoms with van der Waals surface area (Å²) < 4.78 is 14.1. The Bertz CT molecular complexity index is 364. The molecule has 1 amide bonds. The lowest BCUT2D eigenvalue weighted by molar-refractivity contribution is -0.128. The molecule has 0 aliphatic carbocycles. The maximum Gasteiger partial charge on any atom is 0.222 e. The largest absolute Gasteiger partial charge is 0.342 e. The van der Waals surface area contributed by atoms with Crippen LogP contribution in [0.4, 0.5) is 4.39 Å². The molecule has 3 rings (SSSR count). The van der Waals surface area contributed by atoms with Crippen molar-refractivity contribution in [1.29, 1.82) is 0 Å². The van der Waals surface area contributed by atoms with E-state index in [0.717, 1.165) is 45.4 Å². The van der Waals surface area contributed by atoms with Gasteiger partial charge in [-0.1, -0.05) is 13.8 Å². The van der Waals surface area contributed by atoms with Gasteiger partial charge in [0, 0.05) is 38.6 Å². The van der Waals surface area contributed by atoms with Crippen LogP contribution in [0.25, 0.3) is 0 Å². The molecule has 3 unspecified atom stereocenters. The van der Waals surface area contributed by atoms with E-state index in [1.165, 1.54) is 0 Å². The van der Waals surface area contributed by atoms with Crippen LogP contribution >= 0.6 is 0 Å². The quantitative estimate of drug-likeness (QED) is 0.811. The summed E-state index contributed by atoms with van der Waals surface area (Å²) in [4.78, 5) is 15.9. The molecule has 134 valence electrons. The van der Waals surface area contributed by atoms with E-state index in [1.807, 2.05) is 18.7 Å². The van der Waals surface area contributed by atoms with Crippen molar-refractivity contribution in [2.45, 2.75) is 57.8 Å². The molecule has 5 nitrogen and oxygen atoms in total. The second-order valence-corrected chi connectivity index (χ2v) is 6.75. The van der Waals surface area contributed by atoms with Crippen LogP contribution in [0.3, 0.4) is 0 Å². The highest BCUT2D eigenvalue weighted by atomic mass is 19.1. The fourth-order valence-electron chi connectivity index (χ4n) is 4.04. The number of hydrogen-bond donors (Lipinski definition) is 2. The topological polar surface area (TPSA) is 61.6 Å². The summed E-state index contributed by atoms with van der Waals surface area (Å²) in [5.74, 6) is 0.876. The van der Waals surface area contributed by atoms with E-state index in [4.69, 9.17) is 5.73 Å². The Morgan fingerprint density at radius 1 is 1.22 bits per heavy atom. The first kappa shape index (κ1) is 18.6. The van der Waals surface area contributed by atoms with Gasteiger partial charge in [-0.3, -0.25) is 9.69 Å². The molecule has 0 bridgehead atoms. The van der Waals surface area contributed by atoms with Crippen LogP contribution < -0.4 is 11.1 Å². The van der Waals surface area contributed by atoms with Crippen LogP contribution in [0.15, 0.2) is 0 Å². The highest BCUT2D eigenvalue weighted by Crippen LogP contribution is 2.25. The number of alkyl halides is 1. The van der Waals surface area contributed by atoms with Crippen molar-refractivity contribution in [3.05, 3.63) is 0 Å². The number of piperidine rings is 2. The van der Waals surface area contributed by atoms with Crippen molar-refractivity contribution in [3.63, 3.8) is 0 Å². The molecular formula is C17H33FN4O. The second kappa shape index (κ2) is 8.94. The highest BCUT2D eigenvalue weighted by molar-refractivity contribution is 5.78. The molecule has 3 heterocycles. The van der Waals surface area contributed by atoms with Crippen molar-refractivity contribution in [2.24, 2.45) is 11.7 Å². The van der Waals surface area contributed by atoms with E-state index >= 15 is 0 Å². The molecule has 0 saturated carbocycles. The molecular weight excluding hydrogens is 295 g/mol. The summed E-state index contributed by atoms with van der Waals surface area (Å²) in [5.41, 5.74) is 6.09. The van der Waals surface area contributed by atoms with Crippen LogP contribution in [0, 0.1) is 5.92 Å². The van der Waals surface area contributed by atoms with Crippen molar-refractivity contribution in [3.8, 4) is 0 Å². The van der Waals surface area contributed by atoms with E-state index in [2.05, 4.69) is 10.2 Å². The zero-order valence-corrected chi connectivity index (χ0v) is 14.6. The van der Waals surface area contributed by atoms with Gasteiger partial charge < -0.3 is 16.0 Å². The van der Waals surface area contributed by atoms with E-state index in [0.29, 0.717) is 31.3 Å². The molecule has 0 aromatic carbocycles. The average molecular weight is 328 g/mol. The molecule has 3 fully saturated rings. The second-order valence-electron chi connectivity index (χ2n) is 6.75. The number of carbonyl (C=O) groups is 1. The SMILES string of the molecule is CC.NC1CNCC(F)C1N1CCC(CN2CCCC2=O)CC1. The number of carbonyl (C=O) groups excluding carboxylic acids is 1. The molecule has 0 spiro atoms. The van der Waals surface area contributed by atoms with Gasteiger partial charge in [0.1, 0.15) is 6.17 Å². The Morgan fingerprint density at radius 2 is 1.91 bits per heavy atom. The van der Waals surface area contributed by atoms with Crippen molar-refractivity contribution in [1.82, 2.24) is 15.1 Å². The smallest absolute Gasteiger partial charge is 0.222 e. The molecule has 3 saturated heterocycles. The summed E-state index contributed by atoms with van der Waals surface area (Å²) in [6, 6.07) is -0.258. The molecule has 3 aliphatic heterocycles. The van der Waals surface area contributed by atoms with E-state index in [1.54, 1.807) is 0 Å². The molecule has 3 N–H and O–H groups in total. The van der Waals surface area contributed by atoms with Gasteiger partial charge in [-0.05, 0) is 38.3 Å². The summed E-state index contributed by atoms with van der Waals surface area (Å²) in [6.07, 6.45) is 2.95. The molecule has 3 atom stereocenters. The lowest BCUT2D eigenvalue weighted by Crippen LogP contribution is -2.63. The zero-order valence-electron chi connectivity index (χ0n) is 14.6. The van der Waals surface area contributed by atoms with Gasteiger partial charge in [-0.25, -0.2) is 4.39 Å². The first-order chi connectivity index (χ1) is 11.1. The van der Waals surface area contributed by atoms with E-state index < -0.39 is 6.17 Å². The lowest BCUT2D eigenvalue weighted by Gasteiger charge is -2.44. The van der Waals surface area contributed by atoms with Crippen LogP contribution in [0.2, 0.25) is 0 Å². The van der Waals surface area contributed by atoms with Gasteiger partial charge in [0.2, 0.25) is 5.91 Å². The number of halogens is 1. The van der Waals surface area contributed by atoms with Crippen LogP contribution in [-0.2, 0) is 4.79 Å². The number of nitrogens with two attached hydrogens (primary N) is 1. The van der Waals surface area contributed by atoms with Crippen molar-refractivity contribution in [2.75, 3.05) is 39.3 Å². The molecule has 0 aromatic rings. The van der Waals surface area contributed by atoms with Crippen LogP contribution in [-0.4, -0.2) is 73.2 Å². The number of hydrogen-bond acceptors (Lipinski definition) is 4. The number of likely N-dealkylation sites (tertiary alicyclic amines) is 2. The van der Waals surface area contributed by atoms with Gasteiger partial charge in [0.05, 0.1) is 6.04 Å². The van der Waals surface area contributed by atoms with Gasteiger partial charge in [0.15, 0.2) is 0 Å². The predicted molar refractivity (Wildman–Crippen MR) is 91.0 cm³/mol. The van der Waals surface area contributed by atoms with Crippen LogP contribution in [0.5, 0.6) is 0 Å². The van der Waals surface area contributed by atoms with Gasteiger partial charge >= 0.3 is 0 Å². The maximum absolute atomic E-state index is 14.1. The highest BCUT2D eigenvalue weighted by Gasteiger charge is 2.37. The van der Waals surface area contributed by atoms with E-state index in [-0.39, 0.29) is 12.1 Å². The minimum atomic E-state index is -0.870. The number of rotatable bonds is 3. The van der Waals surface area contributed by atoms with Gasteiger partial charge in [-0.15, -0.1) is 0 Å². The number of nitrogens with one attached hydrogen (secondary N) is 1. The van der Waals surface area contributed by atoms with E-state index in [9.17, 15) is 9.18 Å². The molecule has 23 heavy (non-hydrogen) atoms. The number of amides is 1. The Balaban J connectivity index is 0.000000924. The fourth-order valence-corrected chi connectivity index (χ4v) is 4.04. The molecule has 3 aliphatic rings. The maximum atomic E-state index is 14.1. The summed E-state index contributed by atoms with van der Waals surface area (Å²) in [5, 5.41) is 3.04. The summed E-state index contributed by atoms with van der Waals surface area (Å²) in [7, 11) is 0. The lowest BCUT2D eigenvalue weighted by atomic mass is 9.91. The zero-order chi connectivity index (χ0) is 16.8. The Morgan fingerprint density at radius 3 is 2.48 bits per heavy atom. The van der Waals surface area contributed by atoms with Gasteiger partial charge in [0.25, 0.3) is 0 Å². The van der Waals surface area contributed by atoms with Crippen LogP contribution in [0.1, 0.15) is 39.5 Å². The van der Waals surface area contributed by atoms with Gasteiger partial charge in [-0.2, -0.15) is 0 Å². The fraction of sp³-hybridized carbons (Fsp3) is 0.941. The summed E-state index contributed by atoms with van der Waals surface area (Å²) >= 11 is 0. The first-order valence-electron chi connectivity index (χ1n) is 9.27. The third kappa shape index (κ3) is 4.64. The summed E-state index contributed by atoms with van der Waals surface area (Å²) in [6.45, 7) is 8.75. The van der Waals surface area contributed by atoms with Crippen molar-refractivity contribution >= 4 is 5.91 Å². The third-order valence-corrected chi connectivity index (χ3v) is 5.25. The standard InChI is InChI=1S/C15H27FN4O.C2H6/c16-12-8-18-9-13(17)15(12)19-6-3-11(4-7-19)10-20-5-1-2-14(20)21;1-2/h11-13,15,18H,1-10,17H2;1-2H3. The monoisotopic (exact) mass is 328 g/mol.